The minimum Gasteiger partial charge on any atom is -0.326 e. The van der Waals surface area contributed by atoms with E-state index in [0.717, 1.165) is 29.2 Å². The summed E-state index contributed by atoms with van der Waals surface area (Å²) in [6, 6.07) is 10.5. The largest absolute Gasteiger partial charge is 0.326 e. The highest BCUT2D eigenvalue weighted by Gasteiger charge is 2.22. The van der Waals surface area contributed by atoms with E-state index in [-0.39, 0.29) is 0 Å². The molecule has 0 radical (unpaired) electrons. The molecule has 2 heterocycles. The van der Waals surface area contributed by atoms with Crippen molar-refractivity contribution >= 4 is 27.4 Å². The summed E-state index contributed by atoms with van der Waals surface area (Å²) in [4.78, 5) is 11.4. The summed E-state index contributed by atoms with van der Waals surface area (Å²) in [5, 5.41) is 0. The Labute approximate surface area is 121 Å². The Bertz CT molecular complexity index is 610. The monoisotopic (exact) mass is 317 g/mol. The Hall–Kier alpha value is -1.42. The third kappa shape index (κ3) is 2.37. The van der Waals surface area contributed by atoms with Gasteiger partial charge in [-0.3, -0.25) is 0 Å². The number of hydrogen-bond acceptors (Lipinski definition) is 3. The molecule has 1 aromatic heterocycles. The lowest BCUT2D eigenvalue weighted by atomic mass is 10.2. The van der Waals surface area contributed by atoms with Crippen molar-refractivity contribution in [3.05, 3.63) is 46.3 Å². The Kier molecular flexibility index (Phi) is 3.27. The molecule has 0 atom stereocenters. The van der Waals surface area contributed by atoms with Gasteiger partial charge in [0, 0.05) is 24.2 Å². The molecule has 0 fully saturated rings. The van der Waals surface area contributed by atoms with Gasteiger partial charge in [0.05, 0.1) is 0 Å². The molecule has 1 aromatic carbocycles. The minimum absolute atomic E-state index is 0.328. The average Bonchev–Trinajstić information content (AvgIpc) is 2.81. The second-order valence-corrected chi connectivity index (χ2v) is 5.90. The van der Waals surface area contributed by atoms with E-state index in [1.54, 1.807) is 0 Å². The highest BCUT2D eigenvalue weighted by Crippen LogP contribution is 2.34. The van der Waals surface area contributed by atoms with E-state index in [9.17, 15) is 0 Å². The van der Waals surface area contributed by atoms with Gasteiger partial charge in [-0.05, 0) is 34.0 Å². The molecular weight excluding hydrogens is 302 g/mol. The Morgan fingerprint density at radius 3 is 2.79 bits per heavy atom. The Balaban J connectivity index is 2.04. The standard InChI is InChI=1S/C15H16BrN3/c1-10(2)15-17-13(16)9-14(18-15)19-8-7-11-5-3-4-6-12(11)19/h3-6,9-10H,7-8H2,1-2H3. The number of aromatic nitrogens is 2. The molecule has 19 heavy (non-hydrogen) atoms. The number of anilines is 2. The van der Waals surface area contributed by atoms with Crippen LogP contribution in [0.15, 0.2) is 34.9 Å². The highest BCUT2D eigenvalue weighted by molar-refractivity contribution is 9.10. The zero-order chi connectivity index (χ0) is 13.4. The van der Waals surface area contributed by atoms with E-state index in [1.807, 2.05) is 6.07 Å². The lowest BCUT2D eigenvalue weighted by Gasteiger charge is -2.19. The van der Waals surface area contributed by atoms with Gasteiger partial charge < -0.3 is 4.90 Å². The zero-order valence-corrected chi connectivity index (χ0v) is 12.7. The van der Waals surface area contributed by atoms with Crippen molar-refractivity contribution in [2.75, 3.05) is 11.4 Å². The van der Waals surface area contributed by atoms with Crippen LogP contribution >= 0.6 is 15.9 Å². The summed E-state index contributed by atoms with van der Waals surface area (Å²) >= 11 is 3.49. The van der Waals surface area contributed by atoms with Crippen molar-refractivity contribution in [2.24, 2.45) is 0 Å². The van der Waals surface area contributed by atoms with Crippen LogP contribution in [0.2, 0.25) is 0 Å². The molecular formula is C15H16BrN3. The average molecular weight is 318 g/mol. The van der Waals surface area contributed by atoms with Crippen LogP contribution in [-0.4, -0.2) is 16.5 Å². The van der Waals surface area contributed by atoms with E-state index < -0.39 is 0 Å². The van der Waals surface area contributed by atoms with Crippen molar-refractivity contribution in [3.63, 3.8) is 0 Å². The van der Waals surface area contributed by atoms with Gasteiger partial charge in [-0.2, -0.15) is 0 Å². The number of halogens is 1. The number of para-hydroxylation sites is 1. The summed E-state index contributed by atoms with van der Waals surface area (Å²) in [6.45, 7) is 5.22. The molecule has 3 nitrogen and oxygen atoms in total. The summed E-state index contributed by atoms with van der Waals surface area (Å²) in [5.74, 6) is 2.19. The molecule has 4 heteroatoms. The smallest absolute Gasteiger partial charge is 0.137 e. The van der Waals surface area contributed by atoms with Gasteiger partial charge in [0.2, 0.25) is 0 Å². The van der Waals surface area contributed by atoms with Crippen LogP contribution in [0, 0.1) is 0 Å². The summed E-state index contributed by atoms with van der Waals surface area (Å²) in [6.07, 6.45) is 1.08. The van der Waals surface area contributed by atoms with Gasteiger partial charge in [0.25, 0.3) is 0 Å². The predicted octanol–water partition coefficient (Wildman–Crippen LogP) is 4.06. The Morgan fingerprint density at radius 2 is 2.00 bits per heavy atom. The maximum Gasteiger partial charge on any atom is 0.137 e. The van der Waals surface area contributed by atoms with Gasteiger partial charge in [0.15, 0.2) is 0 Å². The maximum absolute atomic E-state index is 4.70. The lowest BCUT2D eigenvalue weighted by Crippen LogP contribution is -2.16. The van der Waals surface area contributed by atoms with Crippen LogP contribution in [0.5, 0.6) is 0 Å². The third-order valence-corrected chi connectivity index (χ3v) is 3.79. The molecule has 0 amide bonds. The summed E-state index contributed by atoms with van der Waals surface area (Å²) < 4.78 is 0.852. The summed E-state index contributed by atoms with van der Waals surface area (Å²) in [5.41, 5.74) is 2.66. The fraction of sp³-hybridized carbons (Fsp3) is 0.333. The first-order valence-corrected chi connectivity index (χ1v) is 7.34. The third-order valence-electron chi connectivity index (χ3n) is 3.38. The first-order valence-electron chi connectivity index (χ1n) is 6.55. The minimum atomic E-state index is 0.328. The van der Waals surface area contributed by atoms with Gasteiger partial charge in [-0.25, -0.2) is 9.97 Å². The number of rotatable bonds is 2. The molecule has 98 valence electrons. The molecule has 1 aliphatic heterocycles. The lowest BCUT2D eigenvalue weighted by molar-refractivity contribution is 0.764. The van der Waals surface area contributed by atoms with Crippen molar-refractivity contribution in [1.29, 1.82) is 0 Å². The molecule has 0 spiro atoms. The van der Waals surface area contributed by atoms with Crippen molar-refractivity contribution < 1.29 is 0 Å². The van der Waals surface area contributed by atoms with Gasteiger partial charge in [-0.15, -0.1) is 0 Å². The van der Waals surface area contributed by atoms with Crippen molar-refractivity contribution in [2.45, 2.75) is 26.2 Å². The van der Waals surface area contributed by atoms with Crippen molar-refractivity contribution in [3.8, 4) is 0 Å². The quantitative estimate of drug-likeness (QED) is 0.782. The van der Waals surface area contributed by atoms with E-state index >= 15 is 0 Å². The molecule has 0 N–H and O–H groups in total. The van der Waals surface area contributed by atoms with Crippen LogP contribution in [0.4, 0.5) is 11.5 Å². The fourth-order valence-corrected chi connectivity index (χ4v) is 2.78. The highest BCUT2D eigenvalue weighted by atomic mass is 79.9. The molecule has 0 saturated carbocycles. The van der Waals surface area contributed by atoms with Gasteiger partial charge in [-0.1, -0.05) is 32.0 Å². The van der Waals surface area contributed by atoms with Crippen LogP contribution < -0.4 is 4.90 Å². The number of fused-ring (bicyclic) bond motifs is 1. The molecule has 0 aliphatic carbocycles. The molecule has 3 rings (SSSR count). The van der Waals surface area contributed by atoms with E-state index in [4.69, 9.17) is 4.98 Å². The zero-order valence-electron chi connectivity index (χ0n) is 11.1. The van der Waals surface area contributed by atoms with Crippen LogP contribution in [0.25, 0.3) is 0 Å². The number of benzene rings is 1. The van der Waals surface area contributed by atoms with Crippen LogP contribution in [0.1, 0.15) is 31.2 Å². The van der Waals surface area contributed by atoms with Crippen LogP contribution in [0.3, 0.4) is 0 Å². The second kappa shape index (κ2) is 4.93. The number of nitrogens with zero attached hydrogens (tertiary/aromatic N) is 3. The molecule has 1 aliphatic rings. The SMILES string of the molecule is CC(C)c1nc(Br)cc(N2CCc3ccccc32)n1. The molecule has 0 saturated heterocycles. The first-order chi connectivity index (χ1) is 9.15. The fourth-order valence-electron chi connectivity index (χ4n) is 2.40. The first kappa shape index (κ1) is 12.6. The molecule has 2 aromatic rings. The van der Waals surface area contributed by atoms with E-state index in [0.29, 0.717) is 5.92 Å². The molecule has 0 unspecified atom stereocenters. The maximum atomic E-state index is 4.70. The van der Waals surface area contributed by atoms with E-state index in [1.165, 1.54) is 11.3 Å². The number of hydrogen-bond donors (Lipinski definition) is 0. The Morgan fingerprint density at radius 1 is 1.21 bits per heavy atom. The predicted molar refractivity (Wildman–Crippen MR) is 81.0 cm³/mol. The van der Waals surface area contributed by atoms with Crippen molar-refractivity contribution in [1.82, 2.24) is 9.97 Å². The van der Waals surface area contributed by atoms with Gasteiger partial charge in [0.1, 0.15) is 16.2 Å². The van der Waals surface area contributed by atoms with Gasteiger partial charge >= 0.3 is 0 Å². The summed E-state index contributed by atoms with van der Waals surface area (Å²) in [7, 11) is 0. The van der Waals surface area contributed by atoms with Crippen LogP contribution in [-0.2, 0) is 6.42 Å². The van der Waals surface area contributed by atoms with E-state index in [2.05, 4.69) is 63.9 Å². The molecule has 0 bridgehead atoms. The topological polar surface area (TPSA) is 29.0 Å². The normalized spacial score (nSPS) is 14.0. The second-order valence-electron chi connectivity index (χ2n) is 5.09.